The highest BCUT2D eigenvalue weighted by Crippen LogP contribution is 2.28. The Labute approximate surface area is 144 Å². The first kappa shape index (κ1) is 17.4. The minimum Gasteiger partial charge on any atom is -0.324 e. The molecule has 6 nitrogen and oxygen atoms in total. The van der Waals surface area contributed by atoms with E-state index in [9.17, 15) is 12.8 Å². The zero-order valence-electron chi connectivity index (χ0n) is 13.1. The van der Waals surface area contributed by atoms with E-state index >= 15 is 0 Å². The van der Waals surface area contributed by atoms with Gasteiger partial charge in [-0.3, -0.25) is 4.57 Å². The molecule has 2 aromatic rings. The van der Waals surface area contributed by atoms with Crippen LogP contribution >= 0.6 is 11.8 Å². The molecule has 0 radical (unpaired) electrons. The van der Waals surface area contributed by atoms with E-state index in [2.05, 4.69) is 10.2 Å². The van der Waals surface area contributed by atoms with Crippen molar-refractivity contribution >= 4 is 21.6 Å². The molecule has 1 aromatic heterocycles. The van der Waals surface area contributed by atoms with Crippen LogP contribution in [0, 0.1) is 11.7 Å². The van der Waals surface area contributed by atoms with Crippen molar-refractivity contribution in [2.45, 2.75) is 24.5 Å². The summed E-state index contributed by atoms with van der Waals surface area (Å²) in [5, 5.41) is 8.88. The predicted octanol–water partition coefficient (Wildman–Crippen LogP) is 1.78. The maximum absolute atomic E-state index is 13.1. The van der Waals surface area contributed by atoms with Gasteiger partial charge in [0, 0.05) is 11.4 Å². The highest BCUT2D eigenvalue weighted by molar-refractivity contribution is 7.99. The first-order valence-electron chi connectivity index (χ1n) is 7.72. The Morgan fingerprint density at radius 2 is 2.04 bits per heavy atom. The number of hydrogen-bond acceptors (Lipinski definition) is 6. The average molecular weight is 370 g/mol. The lowest BCUT2D eigenvalue weighted by atomic mass is 10.1. The highest BCUT2D eigenvalue weighted by atomic mass is 32.2. The quantitative estimate of drug-likeness (QED) is 0.807. The van der Waals surface area contributed by atoms with E-state index in [1.807, 2.05) is 0 Å². The van der Waals surface area contributed by atoms with Crippen LogP contribution in [-0.4, -0.2) is 40.4 Å². The molecule has 1 saturated heterocycles. The van der Waals surface area contributed by atoms with Crippen LogP contribution in [0.1, 0.15) is 18.7 Å². The molecule has 1 aliphatic heterocycles. The standard InChI is InChI=1S/C15H19FN4O2S2/c16-12-3-5-13(6-4-12)20-14(8-17)18-19-15(20)23-9-11-2-1-7-24(21,22)10-11/h3-6,11H,1-2,7-10,17H2. The van der Waals surface area contributed by atoms with Crippen molar-refractivity contribution in [2.24, 2.45) is 11.7 Å². The molecule has 3 rings (SSSR count). The van der Waals surface area contributed by atoms with Gasteiger partial charge in [0.25, 0.3) is 0 Å². The Morgan fingerprint density at radius 3 is 2.71 bits per heavy atom. The second-order valence-corrected chi connectivity index (χ2v) is 9.06. The summed E-state index contributed by atoms with van der Waals surface area (Å²) in [6, 6.07) is 6.04. The minimum absolute atomic E-state index is 0.119. The first-order valence-corrected chi connectivity index (χ1v) is 10.5. The van der Waals surface area contributed by atoms with Crippen molar-refractivity contribution in [3.8, 4) is 5.69 Å². The van der Waals surface area contributed by atoms with E-state index in [0.29, 0.717) is 23.2 Å². The third-order valence-electron chi connectivity index (χ3n) is 3.97. The van der Waals surface area contributed by atoms with Crippen molar-refractivity contribution in [3.05, 3.63) is 35.9 Å². The van der Waals surface area contributed by atoms with E-state index in [1.165, 1.54) is 23.9 Å². The number of sulfone groups is 1. The molecule has 1 unspecified atom stereocenters. The molecule has 1 aliphatic rings. The molecule has 9 heteroatoms. The van der Waals surface area contributed by atoms with Crippen LogP contribution in [0.3, 0.4) is 0 Å². The third kappa shape index (κ3) is 3.96. The number of thioether (sulfide) groups is 1. The zero-order valence-corrected chi connectivity index (χ0v) is 14.7. The van der Waals surface area contributed by atoms with Gasteiger partial charge in [0.1, 0.15) is 5.82 Å². The van der Waals surface area contributed by atoms with Gasteiger partial charge in [-0.15, -0.1) is 10.2 Å². The van der Waals surface area contributed by atoms with Crippen LogP contribution in [0.2, 0.25) is 0 Å². The van der Waals surface area contributed by atoms with Crippen molar-refractivity contribution in [3.63, 3.8) is 0 Å². The number of benzene rings is 1. The number of halogens is 1. The van der Waals surface area contributed by atoms with Gasteiger partial charge in [0.2, 0.25) is 0 Å². The third-order valence-corrected chi connectivity index (χ3v) is 7.02. The molecule has 0 amide bonds. The van der Waals surface area contributed by atoms with Gasteiger partial charge in [0.15, 0.2) is 20.8 Å². The molecule has 0 saturated carbocycles. The van der Waals surface area contributed by atoms with E-state index < -0.39 is 9.84 Å². The van der Waals surface area contributed by atoms with Crippen LogP contribution in [-0.2, 0) is 16.4 Å². The Hall–Kier alpha value is -1.45. The summed E-state index contributed by atoms with van der Waals surface area (Å²) in [4.78, 5) is 0. The Balaban J connectivity index is 1.79. The van der Waals surface area contributed by atoms with Gasteiger partial charge in [-0.25, -0.2) is 12.8 Å². The fourth-order valence-corrected chi connectivity index (χ4v) is 5.85. The summed E-state index contributed by atoms with van der Waals surface area (Å²) in [7, 11) is -2.92. The summed E-state index contributed by atoms with van der Waals surface area (Å²) in [6.45, 7) is 0.211. The van der Waals surface area contributed by atoms with Crippen LogP contribution in [0.4, 0.5) is 4.39 Å². The molecule has 0 bridgehead atoms. The maximum Gasteiger partial charge on any atom is 0.195 e. The number of aromatic nitrogens is 3. The molecule has 24 heavy (non-hydrogen) atoms. The summed E-state index contributed by atoms with van der Waals surface area (Å²) >= 11 is 1.47. The molecule has 1 atom stereocenters. The predicted molar refractivity (Wildman–Crippen MR) is 91.3 cm³/mol. The van der Waals surface area contributed by atoms with Crippen LogP contribution in [0.15, 0.2) is 29.4 Å². The van der Waals surface area contributed by atoms with Gasteiger partial charge in [-0.2, -0.15) is 0 Å². The largest absolute Gasteiger partial charge is 0.324 e. The molecule has 2 heterocycles. The number of hydrogen-bond donors (Lipinski definition) is 1. The molecular formula is C15H19FN4O2S2. The van der Waals surface area contributed by atoms with E-state index in [0.717, 1.165) is 12.1 Å². The highest BCUT2D eigenvalue weighted by Gasteiger charge is 2.25. The topological polar surface area (TPSA) is 90.9 Å². The lowest BCUT2D eigenvalue weighted by molar-refractivity contribution is 0.520. The summed E-state index contributed by atoms with van der Waals surface area (Å²) in [6.07, 6.45) is 1.62. The van der Waals surface area contributed by atoms with Gasteiger partial charge in [0.05, 0.1) is 18.1 Å². The van der Waals surface area contributed by atoms with E-state index in [-0.39, 0.29) is 29.8 Å². The van der Waals surface area contributed by atoms with Crippen LogP contribution in [0.25, 0.3) is 5.69 Å². The number of rotatable bonds is 5. The second kappa shape index (κ2) is 7.20. The lowest BCUT2D eigenvalue weighted by Gasteiger charge is -2.21. The summed E-state index contributed by atoms with van der Waals surface area (Å²) < 4.78 is 38.4. The number of nitrogens with two attached hydrogens (primary N) is 1. The lowest BCUT2D eigenvalue weighted by Crippen LogP contribution is -2.26. The summed E-state index contributed by atoms with van der Waals surface area (Å²) in [5.41, 5.74) is 6.46. The molecule has 0 spiro atoms. The fraction of sp³-hybridized carbons (Fsp3) is 0.467. The minimum atomic E-state index is -2.92. The van der Waals surface area contributed by atoms with Crippen molar-refractivity contribution in [1.82, 2.24) is 14.8 Å². The first-order chi connectivity index (χ1) is 11.5. The summed E-state index contributed by atoms with van der Waals surface area (Å²) in [5.74, 6) is 1.56. The Bertz CT molecular complexity index is 805. The van der Waals surface area contributed by atoms with Gasteiger partial charge < -0.3 is 5.73 Å². The molecule has 0 aliphatic carbocycles. The van der Waals surface area contributed by atoms with E-state index in [1.54, 1.807) is 16.7 Å². The molecule has 1 fully saturated rings. The van der Waals surface area contributed by atoms with Crippen molar-refractivity contribution < 1.29 is 12.8 Å². The molecule has 2 N–H and O–H groups in total. The van der Waals surface area contributed by atoms with Crippen LogP contribution in [0.5, 0.6) is 0 Å². The van der Waals surface area contributed by atoms with Gasteiger partial charge in [-0.05, 0) is 43.0 Å². The smallest absolute Gasteiger partial charge is 0.195 e. The Morgan fingerprint density at radius 1 is 1.29 bits per heavy atom. The van der Waals surface area contributed by atoms with E-state index in [4.69, 9.17) is 5.73 Å². The normalized spacial score (nSPS) is 20.2. The van der Waals surface area contributed by atoms with Crippen molar-refractivity contribution in [1.29, 1.82) is 0 Å². The van der Waals surface area contributed by atoms with Crippen LogP contribution < -0.4 is 5.73 Å². The van der Waals surface area contributed by atoms with Crippen molar-refractivity contribution in [2.75, 3.05) is 17.3 Å². The Kier molecular flexibility index (Phi) is 5.21. The molecule has 130 valence electrons. The second-order valence-electron chi connectivity index (χ2n) is 5.85. The SMILES string of the molecule is NCc1nnc(SCC2CCCS(=O)(=O)C2)n1-c1ccc(F)cc1. The number of nitrogens with zero attached hydrogens (tertiary/aromatic N) is 3. The average Bonchev–Trinajstić information content (AvgIpc) is 2.96. The maximum atomic E-state index is 13.1. The fourth-order valence-electron chi connectivity index (χ4n) is 2.82. The molecular weight excluding hydrogens is 351 g/mol. The van der Waals surface area contributed by atoms with Gasteiger partial charge in [-0.1, -0.05) is 11.8 Å². The molecule has 1 aromatic carbocycles. The monoisotopic (exact) mass is 370 g/mol. The zero-order chi connectivity index (χ0) is 17.2. The van der Waals surface area contributed by atoms with Gasteiger partial charge >= 0.3 is 0 Å².